The summed E-state index contributed by atoms with van der Waals surface area (Å²) in [5.74, 6) is 0.807. The van der Waals surface area contributed by atoms with Crippen molar-refractivity contribution in [3.63, 3.8) is 0 Å². The summed E-state index contributed by atoms with van der Waals surface area (Å²) < 4.78 is 5.25. The minimum absolute atomic E-state index is 0.456. The van der Waals surface area contributed by atoms with Crippen LogP contribution in [-0.4, -0.2) is 5.16 Å². The van der Waals surface area contributed by atoms with Gasteiger partial charge in [-0.05, 0) is 38.8 Å². The van der Waals surface area contributed by atoms with Crippen molar-refractivity contribution in [3.05, 3.63) is 40.1 Å². The third-order valence-electron chi connectivity index (χ3n) is 3.10. The van der Waals surface area contributed by atoms with Gasteiger partial charge >= 0.3 is 0 Å². The van der Waals surface area contributed by atoms with Crippen LogP contribution in [0.25, 0.3) is 11.3 Å². The molecule has 0 unspecified atom stereocenters. The van der Waals surface area contributed by atoms with Crippen LogP contribution in [0.1, 0.15) is 28.0 Å². The Morgan fingerprint density at radius 3 is 2.24 bits per heavy atom. The molecule has 0 atom stereocenters. The molecule has 0 aliphatic heterocycles. The highest BCUT2D eigenvalue weighted by Gasteiger charge is 2.17. The summed E-state index contributed by atoms with van der Waals surface area (Å²) in [5, 5.41) is 4.15. The third-order valence-corrected chi connectivity index (χ3v) is 3.10. The molecular weight excluding hydrogens is 212 g/mol. The molecule has 0 saturated carbocycles. The molecule has 2 N–H and O–H groups in total. The van der Waals surface area contributed by atoms with Crippen molar-refractivity contribution in [2.75, 3.05) is 0 Å². The van der Waals surface area contributed by atoms with E-state index in [1.807, 2.05) is 6.92 Å². The number of rotatable bonds is 2. The lowest BCUT2D eigenvalue weighted by molar-refractivity contribution is 0.398. The molecule has 0 bridgehead atoms. The average Bonchev–Trinajstić information content (AvgIpc) is 2.58. The lowest BCUT2D eigenvalue weighted by Crippen LogP contribution is -2.00. The Morgan fingerprint density at radius 1 is 1.12 bits per heavy atom. The summed E-state index contributed by atoms with van der Waals surface area (Å²) in [6.45, 7) is 8.65. The van der Waals surface area contributed by atoms with Crippen molar-refractivity contribution in [2.24, 2.45) is 5.73 Å². The second-order valence-corrected chi connectivity index (χ2v) is 4.54. The maximum atomic E-state index is 5.76. The Kier molecular flexibility index (Phi) is 3.03. The monoisotopic (exact) mass is 230 g/mol. The van der Waals surface area contributed by atoms with Crippen molar-refractivity contribution < 1.29 is 4.52 Å². The van der Waals surface area contributed by atoms with Gasteiger partial charge in [0.25, 0.3) is 0 Å². The van der Waals surface area contributed by atoms with Gasteiger partial charge in [0.05, 0.1) is 0 Å². The van der Waals surface area contributed by atoms with Gasteiger partial charge in [-0.2, -0.15) is 0 Å². The Hall–Kier alpha value is -1.61. The van der Waals surface area contributed by atoms with Gasteiger partial charge in [-0.25, -0.2) is 0 Å². The van der Waals surface area contributed by atoms with Crippen LogP contribution in [0.5, 0.6) is 0 Å². The molecule has 0 fully saturated rings. The number of hydrogen-bond donors (Lipinski definition) is 1. The van der Waals surface area contributed by atoms with Crippen LogP contribution in [0.4, 0.5) is 0 Å². The Bertz CT molecular complexity index is 532. The van der Waals surface area contributed by atoms with E-state index in [1.54, 1.807) is 0 Å². The number of nitrogens with two attached hydrogens (primary N) is 1. The topological polar surface area (TPSA) is 52.0 Å². The van der Waals surface area contributed by atoms with Crippen molar-refractivity contribution in [2.45, 2.75) is 34.2 Å². The molecule has 0 radical (unpaired) electrons. The summed E-state index contributed by atoms with van der Waals surface area (Å²) in [5.41, 5.74) is 12.5. The molecule has 0 aliphatic carbocycles. The standard InChI is InChI=1S/C14H18N2O/c1-8-5-9(2)13(10(3)6-8)14-12(7-15)11(4)17-16-14/h5-6H,7,15H2,1-4H3. The Labute approximate surface area is 102 Å². The van der Waals surface area contributed by atoms with Gasteiger partial charge in [0.2, 0.25) is 0 Å². The zero-order chi connectivity index (χ0) is 12.6. The maximum Gasteiger partial charge on any atom is 0.138 e. The second-order valence-electron chi connectivity index (χ2n) is 4.54. The van der Waals surface area contributed by atoms with Crippen LogP contribution in [0.15, 0.2) is 16.7 Å². The lowest BCUT2D eigenvalue weighted by atomic mass is 9.95. The van der Waals surface area contributed by atoms with Crippen molar-refractivity contribution in [3.8, 4) is 11.3 Å². The highest BCUT2D eigenvalue weighted by Crippen LogP contribution is 2.31. The van der Waals surface area contributed by atoms with Crippen molar-refractivity contribution in [1.29, 1.82) is 0 Å². The fourth-order valence-electron chi connectivity index (χ4n) is 2.38. The van der Waals surface area contributed by atoms with Crippen LogP contribution >= 0.6 is 0 Å². The van der Waals surface area contributed by atoms with Crippen LogP contribution in [0.2, 0.25) is 0 Å². The van der Waals surface area contributed by atoms with Crippen molar-refractivity contribution >= 4 is 0 Å². The molecule has 2 rings (SSSR count). The minimum Gasteiger partial charge on any atom is -0.361 e. The predicted molar refractivity (Wildman–Crippen MR) is 68.8 cm³/mol. The molecule has 1 heterocycles. The first kappa shape index (κ1) is 11.9. The number of benzene rings is 1. The molecule has 2 aromatic rings. The first-order valence-electron chi connectivity index (χ1n) is 5.78. The number of aryl methyl sites for hydroxylation is 4. The Morgan fingerprint density at radius 2 is 1.71 bits per heavy atom. The highest BCUT2D eigenvalue weighted by atomic mass is 16.5. The van der Waals surface area contributed by atoms with E-state index in [2.05, 4.69) is 38.1 Å². The normalized spacial score (nSPS) is 10.9. The average molecular weight is 230 g/mol. The lowest BCUT2D eigenvalue weighted by Gasteiger charge is -2.09. The van der Waals surface area contributed by atoms with Crippen LogP contribution < -0.4 is 5.73 Å². The van der Waals surface area contributed by atoms with E-state index < -0.39 is 0 Å². The van der Waals surface area contributed by atoms with E-state index >= 15 is 0 Å². The molecule has 3 heteroatoms. The van der Waals surface area contributed by atoms with Gasteiger partial charge in [-0.15, -0.1) is 0 Å². The van der Waals surface area contributed by atoms with Crippen LogP contribution in [-0.2, 0) is 6.54 Å². The van der Waals surface area contributed by atoms with E-state index in [9.17, 15) is 0 Å². The fraction of sp³-hybridized carbons (Fsp3) is 0.357. The molecule has 0 saturated heterocycles. The predicted octanol–water partition coefficient (Wildman–Crippen LogP) is 3.03. The second kappa shape index (κ2) is 4.34. The van der Waals surface area contributed by atoms with Crippen LogP contribution in [0, 0.1) is 27.7 Å². The zero-order valence-electron chi connectivity index (χ0n) is 10.8. The summed E-state index contributed by atoms with van der Waals surface area (Å²) in [7, 11) is 0. The van der Waals surface area contributed by atoms with Crippen molar-refractivity contribution in [1.82, 2.24) is 5.16 Å². The summed E-state index contributed by atoms with van der Waals surface area (Å²) in [4.78, 5) is 0. The molecule has 0 aliphatic rings. The van der Waals surface area contributed by atoms with Gasteiger partial charge in [-0.3, -0.25) is 0 Å². The summed E-state index contributed by atoms with van der Waals surface area (Å²) in [6, 6.07) is 4.32. The fourth-order valence-corrected chi connectivity index (χ4v) is 2.38. The van der Waals surface area contributed by atoms with Gasteiger partial charge < -0.3 is 10.3 Å². The first-order chi connectivity index (χ1) is 8.04. The quantitative estimate of drug-likeness (QED) is 0.862. The van der Waals surface area contributed by atoms with E-state index in [0.717, 1.165) is 22.6 Å². The van der Waals surface area contributed by atoms with Gasteiger partial charge in [0.1, 0.15) is 11.5 Å². The molecule has 1 aromatic carbocycles. The molecule has 17 heavy (non-hydrogen) atoms. The van der Waals surface area contributed by atoms with Gasteiger partial charge in [-0.1, -0.05) is 22.9 Å². The first-order valence-corrected chi connectivity index (χ1v) is 5.78. The largest absolute Gasteiger partial charge is 0.361 e. The molecule has 0 spiro atoms. The Balaban J connectivity index is 2.68. The number of nitrogens with zero attached hydrogens (tertiary/aromatic N) is 1. The van der Waals surface area contributed by atoms with E-state index in [0.29, 0.717) is 6.54 Å². The number of aromatic nitrogens is 1. The molecule has 1 aromatic heterocycles. The summed E-state index contributed by atoms with van der Waals surface area (Å²) in [6.07, 6.45) is 0. The van der Waals surface area contributed by atoms with Gasteiger partial charge in [0, 0.05) is 17.7 Å². The maximum absolute atomic E-state index is 5.76. The van der Waals surface area contributed by atoms with Gasteiger partial charge in [0.15, 0.2) is 0 Å². The highest BCUT2D eigenvalue weighted by molar-refractivity contribution is 5.71. The zero-order valence-corrected chi connectivity index (χ0v) is 10.8. The van der Waals surface area contributed by atoms with E-state index in [4.69, 9.17) is 10.3 Å². The molecule has 3 nitrogen and oxygen atoms in total. The SMILES string of the molecule is Cc1cc(C)c(-c2noc(C)c2CN)c(C)c1. The molecule has 0 amide bonds. The number of hydrogen-bond acceptors (Lipinski definition) is 3. The smallest absolute Gasteiger partial charge is 0.138 e. The molecule has 90 valence electrons. The third kappa shape index (κ3) is 1.98. The summed E-state index contributed by atoms with van der Waals surface area (Å²) >= 11 is 0. The molecular formula is C14H18N2O. The van der Waals surface area contributed by atoms with E-state index in [1.165, 1.54) is 16.7 Å². The minimum atomic E-state index is 0.456. The van der Waals surface area contributed by atoms with Crippen LogP contribution in [0.3, 0.4) is 0 Å². The van der Waals surface area contributed by atoms with E-state index in [-0.39, 0.29) is 0 Å².